The van der Waals surface area contributed by atoms with Crippen molar-refractivity contribution < 1.29 is 4.79 Å². The molecular weight excluding hydrogens is 216 g/mol. The molecule has 0 saturated heterocycles. The van der Waals surface area contributed by atoms with Gasteiger partial charge in [0, 0.05) is 30.9 Å². The van der Waals surface area contributed by atoms with E-state index in [2.05, 4.69) is 15.7 Å². The smallest absolute Gasteiger partial charge is 0.156 e. The minimum absolute atomic E-state index is 0.243. The van der Waals surface area contributed by atoms with E-state index < -0.39 is 0 Å². The SMILES string of the molecule is CNN1CC2=C(NCC(=O)C2)c2cccnc21. The van der Waals surface area contributed by atoms with Gasteiger partial charge in [-0.3, -0.25) is 9.80 Å². The number of aromatic nitrogens is 1. The van der Waals surface area contributed by atoms with Crippen molar-refractivity contribution in [3.05, 3.63) is 29.5 Å². The van der Waals surface area contributed by atoms with Crippen LogP contribution in [-0.2, 0) is 4.79 Å². The number of hydrogen-bond donors (Lipinski definition) is 2. The zero-order chi connectivity index (χ0) is 11.8. The molecular formula is C12H14N4O. The fraction of sp³-hybridized carbons (Fsp3) is 0.333. The molecule has 88 valence electrons. The maximum absolute atomic E-state index is 11.5. The Balaban J connectivity index is 2.12. The van der Waals surface area contributed by atoms with E-state index in [0.717, 1.165) is 22.7 Å². The van der Waals surface area contributed by atoms with E-state index in [4.69, 9.17) is 0 Å². The summed E-state index contributed by atoms with van der Waals surface area (Å²) < 4.78 is 0. The average Bonchev–Trinajstić information content (AvgIpc) is 2.37. The molecule has 2 aliphatic rings. The number of nitrogens with one attached hydrogen (secondary N) is 2. The van der Waals surface area contributed by atoms with Gasteiger partial charge in [0.15, 0.2) is 11.6 Å². The van der Waals surface area contributed by atoms with Gasteiger partial charge in [-0.1, -0.05) is 0 Å². The number of carbonyl (C=O) groups excluding carboxylic acids is 1. The molecule has 0 spiro atoms. The number of rotatable bonds is 1. The lowest BCUT2D eigenvalue weighted by atomic mass is 9.95. The van der Waals surface area contributed by atoms with E-state index >= 15 is 0 Å². The van der Waals surface area contributed by atoms with E-state index in [1.807, 2.05) is 24.2 Å². The van der Waals surface area contributed by atoms with E-state index in [1.54, 1.807) is 6.20 Å². The molecule has 0 bridgehead atoms. The Hall–Kier alpha value is -1.88. The van der Waals surface area contributed by atoms with Crippen molar-refractivity contribution in [2.75, 3.05) is 25.1 Å². The van der Waals surface area contributed by atoms with Crippen LogP contribution in [0.5, 0.6) is 0 Å². The molecule has 3 rings (SSSR count). The van der Waals surface area contributed by atoms with Crippen LogP contribution in [-0.4, -0.2) is 30.9 Å². The van der Waals surface area contributed by atoms with Gasteiger partial charge in [-0.25, -0.2) is 10.4 Å². The molecule has 1 aromatic rings. The number of fused-ring (bicyclic) bond motifs is 2. The van der Waals surface area contributed by atoms with Crippen LogP contribution in [0.3, 0.4) is 0 Å². The van der Waals surface area contributed by atoms with E-state index in [-0.39, 0.29) is 5.78 Å². The topological polar surface area (TPSA) is 57.3 Å². The first-order valence-corrected chi connectivity index (χ1v) is 5.67. The van der Waals surface area contributed by atoms with Gasteiger partial charge in [0.1, 0.15) is 0 Å². The first-order valence-electron chi connectivity index (χ1n) is 5.67. The number of Topliss-reactive ketones (excluding diaryl/α,β-unsaturated/α-hetero) is 1. The van der Waals surface area contributed by atoms with Crippen LogP contribution < -0.4 is 15.8 Å². The Kier molecular flexibility index (Phi) is 2.33. The molecule has 2 N–H and O–H groups in total. The van der Waals surface area contributed by atoms with E-state index in [0.29, 0.717) is 19.5 Å². The summed E-state index contributed by atoms with van der Waals surface area (Å²) in [4.78, 5) is 15.9. The number of anilines is 1. The van der Waals surface area contributed by atoms with Gasteiger partial charge >= 0.3 is 0 Å². The molecule has 0 amide bonds. The quantitative estimate of drug-likeness (QED) is 0.727. The predicted molar refractivity (Wildman–Crippen MR) is 65.2 cm³/mol. The van der Waals surface area contributed by atoms with Crippen LogP contribution >= 0.6 is 0 Å². The molecule has 0 unspecified atom stereocenters. The summed E-state index contributed by atoms with van der Waals surface area (Å²) in [5.41, 5.74) is 6.39. The minimum Gasteiger partial charge on any atom is -0.377 e. The third kappa shape index (κ3) is 1.59. The highest BCUT2D eigenvalue weighted by Gasteiger charge is 2.28. The Morgan fingerprint density at radius 3 is 3.24 bits per heavy atom. The third-order valence-electron chi connectivity index (χ3n) is 3.16. The summed E-state index contributed by atoms with van der Waals surface area (Å²) in [6.07, 6.45) is 2.32. The Bertz CT molecular complexity index is 509. The highest BCUT2D eigenvalue weighted by Crippen LogP contribution is 2.33. The van der Waals surface area contributed by atoms with Crippen LogP contribution in [0, 0.1) is 0 Å². The molecule has 5 nitrogen and oxygen atoms in total. The van der Waals surface area contributed by atoms with E-state index in [1.165, 1.54) is 0 Å². The van der Waals surface area contributed by atoms with Gasteiger partial charge in [0.2, 0.25) is 0 Å². The lowest BCUT2D eigenvalue weighted by Gasteiger charge is -2.34. The molecule has 0 fully saturated rings. The Labute approximate surface area is 99.5 Å². The largest absolute Gasteiger partial charge is 0.377 e. The summed E-state index contributed by atoms with van der Waals surface area (Å²) >= 11 is 0. The number of hydrazine groups is 1. The lowest BCUT2D eigenvalue weighted by Crippen LogP contribution is -2.44. The fourth-order valence-electron chi connectivity index (χ4n) is 2.38. The normalized spacial score (nSPS) is 18.6. The van der Waals surface area contributed by atoms with Crippen LogP contribution in [0.2, 0.25) is 0 Å². The molecule has 0 radical (unpaired) electrons. The highest BCUT2D eigenvalue weighted by molar-refractivity contribution is 5.92. The molecule has 0 aromatic carbocycles. The highest BCUT2D eigenvalue weighted by atomic mass is 16.1. The van der Waals surface area contributed by atoms with Crippen molar-refractivity contribution in [1.29, 1.82) is 0 Å². The summed E-state index contributed by atoms with van der Waals surface area (Å²) in [6.45, 7) is 1.13. The van der Waals surface area contributed by atoms with Gasteiger partial charge < -0.3 is 5.32 Å². The molecule has 17 heavy (non-hydrogen) atoms. The van der Waals surface area contributed by atoms with Crippen molar-refractivity contribution in [3.8, 4) is 0 Å². The van der Waals surface area contributed by atoms with Gasteiger partial charge in [0.25, 0.3) is 0 Å². The summed E-state index contributed by atoms with van der Waals surface area (Å²) in [6, 6.07) is 3.95. The minimum atomic E-state index is 0.243. The van der Waals surface area contributed by atoms with Crippen LogP contribution in [0.25, 0.3) is 5.70 Å². The fourth-order valence-corrected chi connectivity index (χ4v) is 2.38. The number of pyridine rings is 1. The van der Waals surface area contributed by atoms with Gasteiger partial charge in [-0.2, -0.15) is 0 Å². The predicted octanol–water partition coefficient (Wildman–Crippen LogP) is 0.309. The van der Waals surface area contributed by atoms with Crippen molar-refractivity contribution in [3.63, 3.8) is 0 Å². The molecule has 0 saturated carbocycles. The monoisotopic (exact) mass is 230 g/mol. The zero-order valence-corrected chi connectivity index (χ0v) is 9.66. The Morgan fingerprint density at radius 2 is 2.41 bits per heavy atom. The standard InChI is InChI=1S/C12H14N4O/c1-13-16-7-8-5-9(17)6-15-11(8)10-3-2-4-14-12(10)16/h2-4,13,15H,5-7H2,1H3. The molecule has 0 aliphatic carbocycles. The van der Waals surface area contributed by atoms with Crippen LogP contribution in [0.1, 0.15) is 12.0 Å². The summed E-state index contributed by atoms with van der Waals surface area (Å²) in [5, 5.41) is 5.17. The molecule has 3 heterocycles. The van der Waals surface area contributed by atoms with Gasteiger partial charge in [0.05, 0.1) is 13.1 Å². The van der Waals surface area contributed by atoms with Crippen molar-refractivity contribution in [2.45, 2.75) is 6.42 Å². The lowest BCUT2D eigenvalue weighted by molar-refractivity contribution is -0.117. The molecule has 1 aromatic heterocycles. The average molecular weight is 230 g/mol. The second-order valence-corrected chi connectivity index (χ2v) is 4.23. The van der Waals surface area contributed by atoms with Crippen molar-refractivity contribution in [1.82, 2.24) is 15.7 Å². The Morgan fingerprint density at radius 1 is 1.53 bits per heavy atom. The van der Waals surface area contributed by atoms with Crippen molar-refractivity contribution in [2.24, 2.45) is 0 Å². The maximum Gasteiger partial charge on any atom is 0.156 e. The van der Waals surface area contributed by atoms with Crippen molar-refractivity contribution >= 4 is 17.3 Å². The molecule has 2 aliphatic heterocycles. The number of hydrogen-bond acceptors (Lipinski definition) is 5. The molecule has 0 atom stereocenters. The third-order valence-corrected chi connectivity index (χ3v) is 3.16. The maximum atomic E-state index is 11.5. The number of ketones is 1. The first kappa shape index (κ1) is 10.3. The number of nitrogens with zero attached hydrogens (tertiary/aromatic N) is 2. The van der Waals surface area contributed by atoms with Crippen LogP contribution in [0.4, 0.5) is 5.82 Å². The summed E-state index contributed by atoms with van der Waals surface area (Å²) in [5.74, 6) is 1.16. The van der Waals surface area contributed by atoms with Gasteiger partial charge in [-0.05, 0) is 17.7 Å². The number of carbonyl (C=O) groups is 1. The second-order valence-electron chi connectivity index (χ2n) is 4.23. The first-order chi connectivity index (χ1) is 8.29. The zero-order valence-electron chi connectivity index (χ0n) is 9.66. The van der Waals surface area contributed by atoms with E-state index in [9.17, 15) is 4.79 Å². The van der Waals surface area contributed by atoms with Crippen LogP contribution in [0.15, 0.2) is 23.9 Å². The summed E-state index contributed by atoms with van der Waals surface area (Å²) in [7, 11) is 1.86. The van der Waals surface area contributed by atoms with Gasteiger partial charge in [-0.15, -0.1) is 0 Å². The molecule has 5 heteroatoms. The second kappa shape index (κ2) is 3.85.